The first-order valence-electron chi connectivity index (χ1n) is 6.25. The quantitative estimate of drug-likeness (QED) is 0.848. The van der Waals surface area contributed by atoms with Crippen LogP contribution in [0.5, 0.6) is 0 Å². The number of benzene rings is 1. The topological polar surface area (TPSA) is 41.1 Å². The zero-order valence-corrected chi connectivity index (χ0v) is 12.8. The highest BCUT2D eigenvalue weighted by molar-refractivity contribution is 9.10. The summed E-state index contributed by atoms with van der Waals surface area (Å²) in [5.41, 5.74) is 1.16. The van der Waals surface area contributed by atoms with E-state index < -0.39 is 0 Å². The van der Waals surface area contributed by atoms with Crippen molar-refractivity contribution >= 4 is 21.8 Å². The smallest absolute Gasteiger partial charge is 0.233 e. The van der Waals surface area contributed by atoms with Gasteiger partial charge in [-0.05, 0) is 24.5 Å². The molecule has 1 aromatic carbocycles. The number of carbonyl (C=O) groups excluding carboxylic acids is 1. The molecular weight excluding hydrogens is 292 g/mol. The lowest BCUT2D eigenvalue weighted by Gasteiger charge is -2.16. The molecule has 0 spiro atoms. The molecule has 0 aromatic heterocycles. The molecule has 0 saturated carbocycles. The summed E-state index contributed by atoms with van der Waals surface area (Å²) in [6.45, 7) is 7.28. The summed E-state index contributed by atoms with van der Waals surface area (Å²) in [5, 5.41) is 6.11. The van der Waals surface area contributed by atoms with Gasteiger partial charge in [0, 0.05) is 17.1 Å². The zero-order chi connectivity index (χ0) is 13.5. The summed E-state index contributed by atoms with van der Waals surface area (Å²) in [7, 11) is 0. The number of carbonyl (C=O) groups is 1. The average molecular weight is 313 g/mol. The SMILES string of the molecule is CC(C)CNC(=O)CN[C@@H](C)c1ccccc1Br. The molecule has 0 aliphatic carbocycles. The Bertz CT molecular complexity index is 393. The predicted molar refractivity (Wildman–Crippen MR) is 78.4 cm³/mol. The van der Waals surface area contributed by atoms with E-state index in [9.17, 15) is 4.79 Å². The minimum absolute atomic E-state index is 0.0441. The van der Waals surface area contributed by atoms with Crippen molar-refractivity contribution in [2.75, 3.05) is 13.1 Å². The molecule has 4 heteroatoms. The molecule has 0 bridgehead atoms. The molecule has 18 heavy (non-hydrogen) atoms. The largest absolute Gasteiger partial charge is 0.355 e. The summed E-state index contributed by atoms with van der Waals surface area (Å²) in [4.78, 5) is 11.6. The highest BCUT2D eigenvalue weighted by Crippen LogP contribution is 2.22. The van der Waals surface area contributed by atoms with Crippen molar-refractivity contribution in [3.63, 3.8) is 0 Å². The van der Waals surface area contributed by atoms with Crippen LogP contribution in [0, 0.1) is 5.92 Å². The van der Waals surface area contributed by atoms with E-state index in [1.807, 2.05) is 24.3 Å². The fraction of sp³-hybridized carbons (Fsp3) is 0.500. The van der Waals surface area contributed by atoms with E-state index in [0.29, 0.717) is 12.5 Å². The summed E-state index contributed by atoms with van der Waals surface area (Å²) in [6, 6.07) is 8.18. The maximum atomic E-state index is 11.6. The van der Waals surface area contributed by atoms with E-state index in [-0.39, 0.29) is 11.9 Å². The second kappa shape index (κ2) is 7.54. The molecule has 0 aliphatic heterocycles. The van der Waals surface area contributed by atoms with Crippen LogP contribution in [0.4, 0.5) is 0 Å². The molecule has 0 saturated heterocycles. The minimum Gasteiger partial charge on any atom is -0.355 e. The standard InChI is InChI=1S/C14H21BrN2O/c1-10(2)8-17-14(18)9-16-11(3)12-6-4-5-7-13(12)15/h4-7,10-11,16H,8-9H2,1-3H3,(H,17,18)/t11-/m0/s1. The van der Waals surface area contributed by atoms with Gasteiger partial charge in [-0.25, -0.2) is 0 Å². The third-order valence-electron chi connectivity index (χ3n) is 2.65. The number of hydrogen-bond acceptors (Lipinski definition) is 2. The summed E-state index contributed by atoms with van der Waals surface area (Å²) < 4.78 is 1.06. The van der Waals surface area contributed by atoms with Crippen molar-refractivity contribution in [1.82, 2.24) is 10.6 Å². The van der Waals surface area contributed by atoms with E-state index in [1.54, 1.807) is 0 Å². The predicted octanol–water partition coefficient (Wildman–Crippen LogP) is 2.87. The lowest BCUT2D eigenvalue weighted by atomic mass is 10.1. The minimum atomic E-state index is 0.0441. The van der Waals surface area contributed by atoms with Crippen molar-refractivity contribution in [1.29, 1.82) is 0 Å². The average Bonchev–Trinajstić information content (AvgIpc) is 2.34. The zero-order valence-electron chi connectivity index (χ0n) is 11.2. The van der Waals surface area contributed by atoms with Gasteiger partial charge in [-0.3, -0.25) is 4.79 Å². The normalized spacial score (nSPS) is 12.5. The second-order valence-electron chi connectivity index (χ2n) is 4.82. The van der Waals surface area contributed by atoms with E-state index in [4.69, 9.17) is 0 Å². The van der Waals surface area contributed by atoms with Gasteiger partial charge in [0.2, 0.25) is 5.91 Å². The maximum Gasteiger partial charge on any atom is 0.233 e. The molecule has 0 heterocycles. The maximum absolute atomic E-state index is 11.6. The van der Waals surface area contributed by atoms with Gasteiger partial charge >= 0.3 is 0 Å². The van der Waals surface area contributed by atoms with Crippen LogP contribution >= 0.6 is 15.9 Å². The first-order valence-corrected chi connectivity index (χ1v) is 7.04. The van der Waals surface area contributed by atoms with Crippen molar-refractivity contribution in [3.05, 3.63) is 34.3 Å². The van der Waals surface area contributed by atoms with E-state index in [0.717, 1.165) is 16.6 Å². The van der Waals surface area contributed by atoms with Gasteiger partial charge in [0.05, 0.1) is 6.54 Å². The lowest BCUT2D eigenvalue weighted by molar-refractivity contribution is -0.120. The number of rotatable bonds is 6. The fourth-order valence-corrected chi connectivity index (χ4v) is 2.19. The van der Waals surface area contributed by atoms with Crippen molar-refractivity contribution < 1.29 is 4.79 Å². The van der Waals surface area contributed by atoms with Gasteiger partial charge in [-0.15, -0.1) is 0 Å². The van der Waals surface area contributed by atoms with Gasteiger partial charge in [0.25, 0.3) is 0 Å². The second-order valence-corrected chi connectivity index (χ2v) is 5.68. The van der Waals surface area contributed by atoms with E-state index in [1.165, 1.54) is 0 Å². The van der Waals surface area contributed by atoms with Gasteiger partial charge in [-0.2, -0.15) is 0 Å². The molecular formula is C14H21BrN2O. The van der Waals surface area contributed by atoms with Crippen molar-refractivity contribution in [2.24, 2.45) is 5.92 Å². The van der Waals surface area contributed by atoms with Crippen LogP contribution in [0.25, 0.3) is 0 Å². The molecule has 0 unspecified atom stereocenters. The third kappa shape index (κ3) is 5.19. The Kier molecular flexibility index (Phi) is 6.36. The molecule has 0 radical (unpaired) electrons. The third-order valence-corrected chi connectivity index (χ3v) is 3.37. The summed E-state index contributed by atoms with van der Waals surface area (Å²) in [5.74, 6) is 0.525. The van der Waals surface area contributed by atoms with Crippen LogP contribution in [0.3, 0.4) is 0 Å². The van der Waals surface area contributed by atoms with Gasteiger partial charge in [0.15, 0.2) is 0 Å². The van der Waals surface area contributed by atoms with Crippen LogP contribution in [-0.2, 0) is 4.79 Å². The molecule has 0 fully saturated rings. The van der Waals surface area contributed by atoms with Gasteiger partial charge < -0.3 is 10.6 Å². The molecule has 100 valence electrons. The Balaban J connectivity index is 2.39. The first kappa shape index (κ1) is 15.2. The number of hydrogen-bond donors (Lipinski definition) is 2. The molecule has 1 aromatic rings. The highest BCUT2D eigenvalue weighted by atomic mass is 79.9. The highest BCUT2D eigenvalue weighted by Gasteiger charge is 2.10. The van der Waals surface area contributed by atoms with Crippen LogP contribution in [0.1, 0.15) is 32.4 Å². The summed E-state index contributed by atoms with van der Waals surface area (Å²) >= 11 is 3.51. The van der Waals surface area contributed by atoms with Crippen LogP contribution < -0.4 is 10.6 Å². The molecule has 2 N–H and O–H groups in total. The molecule has 3 nitrogen and oxygen atoms in total. The molecule has 1 amide bonds. The number of halogens is 1. The Morgan fingerprint density at radius 3 is 2.56 bits per heavy atom. The van der Waals surface area contributed by atoms with Gasteiger partial charge in [0.1, 0.15) is 0 Å². The summed E-state index contributed by atoms with van der Waals surface area (Å²) in [6.07, 6.45) is 0. The van der Waals surface area contributed by atoms with Crippen LogP contribution in [0.2, 0.25) is 0 Å². The van der Waals surface area contributed by atoms with Gasteiger partial charge in [-0.1, -0.05) is 48.0 Å². The first-order chi connectivity index (χ1) is 8.50. The van der Waals surface area contributed by atoms with Crippen molar-refractivity contribution in [2.45, 2.75) is 26.8 Å². The molecule has 1 rings (SSSR count). The van der Waals surface area contributed by atoms with E-state index in [2.05, 4.69) is 47.3 Å². The monoisotopic (exact) mass is 312 g/mol. The Morgan fingerprint density at radius 2 is 1.94 bits per heavy atom. The van der Waals surface area contributed by atoms with E-state index >= 15 is 0 Å². The fourth-order valence-electron chi connectivity index (χ4n) is 1.56. The number of nitrogens with one attached hydrogen (secondary N) is 2. The van der Waals surface area contributed by atoms with Crippen LogP contribution in [0.15, 0.2) is 28.7 Å². The Labute approximate surface area is 117 Å². The Morgan fingerprint density at radius 1 is 1.28 bits per heavy atom. The Hall–Kier alpha value is -0.870. The molecule has 1 atom stereocenters. The van der Waals surface area contributed by atoms with Crippen molar-refractivity contribution in [3.8, 4) is 0 Å². The number of amides is 1. The lowest BCUT2D eigenvalue weighted by Crippen LogP contribution is -2.36. The molecule has 0 aliphatic rings. The van der Waals surface area contributed by atoms with Crippen LogP contribution in [-0.4, -0.2) is 19.0 Å².